The third-order valence-electron chi connectivity index (χ3n) is 2.90. The molecule has 1 rings (SSSR count). The van der Waals surface area contributed by atoms with Crippen molar-refractivity contribution in [2.45, 2.75) is 33.4 Å². The normalized spacial score (nSPS) is 12.0. The van der Waals surface area contributed by atoms with Crippen molar-refractivity contribution in [3.05, 3.63) is 11.9 Å². The highest BCUT2D eigenvalue weighted by Crippen LogP contribution is 2.18. The molecule has 18 heavy (non-hydrogen) atoms. The van der Waals surface area contributed by atoms with Crippen LogP contribution < -0.4 is 11.1 Å². The van der Waals surface area contributed by atoms with Crippen LogP contribution in [0.3, 0.4) is 0 Å². The van der Waals surface area contributed by atoms with Crippen LogP contribution in [0, 0.1) is 5.41 Å². The minimum Gasteiger partial charge on any atom is -0.385 e. The lowest BCUT2D eigenvalue weighted by Gasteiger charge is -2.24. The number of hydrogen-bond donors (Lipinski definition) is 2. The molecule has 1 aromatic heterocycles. The van der Waals surface area contributed by atoms with Gasteiger partial charge in [0.25, 0.3) is 0 Å². The quantitative estimate of drug-likeness (QED) is 0.624. The van der Waals surface area contributed by atoms with Gasteiger partial charge in [0.1, 0.15) is 0 Å². The summed E-state index contributed by atoms with van der Waals surface area (Å²) >= 11 is 0. The maximum atomic E-state index is 5.48. The Labute approximate surface area is 109 Å². The minimum absolute atomic E-state index is 0.251. The molecule has 0 amide bonds. The zero-order chi connectivity index (χ0) is 13.4. The van der Waals surface area contributed by atoms with E-state index in [0.717, 1.165) is 38.4 Å². The molecule has 1 heterocycles. The summed E-state index contributed by atoms with van der Waals surface area (Å²) in [4.78, 5) is 0. The van der Waals surface area contributed by atoms with Crippen LogP contribution in [-0.4, -0.2) is 41.8 Å². The Bertz CT molecular complexity index is 337. The molecule has 0 spiro atoms. The summed E-state index contributed by atoms with van der Waals surface area (Å²) in [6, 6.07) is 0. The van der Waals surface area contributed by atoms with E-state index in [2.05, 4.69) is 29.5 Å². The van der Waals surface area contributed by atoms with Gasteiger partial charge >= 0.3 is 0 Å². The van der Waals surface area contributed by atoms with Crippen LogP contribution in [0.5, 0.6) is 0 Å². The predicted octanol–water partition coefficient (Wildman–Crippen LogP) is 0.389. The molecule has 0 fully saturated rings. The molecule has 0 saturated heterocycles. The number of nitrogens with one attached hydrogen (secondary N) is 1. The van der Waals surface area contributed by atoms with Gasteiger partial charge in [0.05, 0.1) is 12.2 Å². The zero-order valence-electron chi connectivity index (χ0n) is 11.6. The summed E-state index contributed by atoms with van der Waals surface area (Å²) < 4.78 is 6.92. The smallest absolute Gasteiger partial charge is 0.0962 e. The second kappa shape index (κ2) is 7.45. The van der Waals surface area contributed by atoms with Gasteiger partial charge in [-0.05, 0) is 11.8 Å². The molecule has 0 aliphatic carbocycles. The fourth-order valence-corrected chi connectivity index (χ4v) is 1.63. The maximum Gasteiger partial charge on any atom is 0.0962 e. The van der Waals surface area contributed by atoms with Crippen molar-refractivity contribution in [3.8, 4) is 0 Å². The molecule has 6 nitrogen and oxygen atoms in total. The van der Waals surface area contributed by atoms with Crippen LogP contribution in [0.4, 0.5) is 0 Å². The lowest BCUT2D eigenvalue weighted by molar-refractivity contribution is 0.150. The van der Waals surface area contributed by atoms with Crippen molar-refractivity contribution < 1.29 is 4.74 Å². The topological polar surface area (TPSA) is 78.0 Å². The number of ether oxygens (including phenoxy) is 1. The summed E-state index contributed by atoms with van der Waals surface area (Å²) in [6.07, 6.45) is 2.94. The Morgan fingerprint density at radius 3 is 2.89 bits per heavy atom. The van der Waals surface area contributed by atoms with E-state index in [9.17, 15) is 0 Å². The number of aromatic nitrogens is 3. The first-order valence-electron chi connectivity index (χ1n) is 6.36. The third-order valence-corrected chi connectivity index (χ3v) is 2.90. The molecule has 0 unspecified atom stereocenters. The van der Waals surface area contributed by atoms with Gasteiger partial charge < -0.3 is 15.8 Å². The number of rotatable bonds is 9. The van der Waals surface area contributed by atoms with Gasteiger partial charge in [-0.2, -0.15) is 0 Å². The number of hydrogen-bond acceptors (Lipinski definition) is 5. The fraction of sp³-hybridized carbons (Fsp3) is 0.833. The van der Waals surface area contributed by atoms with Gasteiger partial charge in [-0.1, -0.05) is 19.1 Å². The Morgan fingerprint density at radius 1 is 1.50 bits per heavy atom. The van der Waals surface area contributed by atoms with Crippen LogP contribution in [-0.2, 0) is 17.8 Å². The summed E-state index contributed by atoms with van der Waals surface area (Å²) in [6.45, 7) is 8.38. The SMILES string of the molecule is COCCC(C)(C)CNCCn1cc(CN)nn1. The lowest BCUT2D eigenvalue weighted by Crippen LogP contribution is -2.32. The van der Waals surface area contributed by atoms with Gasteiger partial charge in [0.2, 0.25) is 0 Å². The molecular weight excluding hydrogens is 230 g/mol. The average molecular weight is 255 g/mol. The molecule has 3 N–H and O–H groups in total. The first kappa shape index (κ1) is 15.1. The maximum absolute atomic E-state index is 5.48. The van der Waals surface area contributed by atoms with Crippen molar-refractivity contribution in [2.75, 3.05) is 26.8 Å². The predicted molar refractivity (Wildman–Crippen MR) is 71.1 cm³/mol. The summed E-state index contributed by atoms with van der Waals surface area (Å²) in [7, 11) is 1.74. The Hall–Kier alpha value is -0.980. The molecule has 1 aromatic rings. The monoisotopic (exact) mass is 255 g/mol. The molecule has 0 saturated carbocycles. The van der Waals surface area contributed by atoms with E-state index in [1.54, 1.807) is 7.11 Å². The second-order valence-electron chi connectivity index (χ2n) is 5.26. The van der Waals surface area contributed by atoms with Gasteiger partial charge in [-0.15, -0.1) is 5.10 Å². The van der Waals surface area contributed by atoms with E-state index in [0.29, 0.717) is 6.54 Å². The van der Waals surface area contributed by atoms with Crippen LogP contribution in [0.15, 0.2) is 6.20 Å². The van der Waals surface area contributed by atoms with E-state index < -0.39 is 0 Å². The largest absolute Gasteiger partial charge is 0.385 e. The first-order valence-corrected chi connectivity index (χ1v) is 6.36. The molecule has 0 atom stereocenters. The Morgan fingerprint density at radius 2 is 2.28 bits per heavy atom. The Balaban J connectivity index is 2.17. The standard InChI is InChI=1S/C12H25N5O/c1-12(2,4-7-18-3)10-14-5-6-17-9-11(8-13)15-16-17/h9,14H,4-8,10,13H2,1-3H3. The average Bonchev–Trinajstić information content (AvgIpc) is 2.80. The van der Waals surface area contributed by atoms with Gasteiger partial charge in [0.15, 0.2) is 0 Å². The van der Waals surface area contributed by atoms with Crippen LogP contribution in [0.25, 0.3) is 0 Å². The molecule has 0 aromatic carbocycles. The molecule has 0 aliphatic rings. The molecule has 0 bridgehead atoms. The van der Waals surface area contributed by atoms with Crippen LogP contribution in [0.2, 0.25) is 0 Å². The summed E-state index contributed by atoms with van der Waals surface area (Å²) in [5, 5.41) is 11.4. The zero-order valence-corrected chi connectivity index (χ0v) is 11.6. The van der Waals surface area contributed by atoms with E-state index >= 15 is 0 Å². The number of nitrogens with two attached hydrogens (primary N) is 1. The minimum atomic E-state index is 0.251. The fourth-order valence-electron chi connectivity index (χ4n) is 1.63. The molecule has 0 aliphatic heterocycles. The summed E-state index contributed by atoms with van der Waals surface area (Å²) in [5.74, 6) is 0. The Kier molecular flexibility index (Phi) is 6.24. The number of nitrogens with zero attached hydrogens (tertiary/aromatic N) is 3. The molecule has 104 valence electrons. The molecule has 0 radical (unpaired) electrons. The van der Waals surface area contributed by atoms with Gasteiger partial charge in [-0.3, -0.25) is 4.68 Å². The van der Waals surface area contributed by atoms with E-state index in [-0.39, 0.29) is 5.41 Å². The van der Waals surface area contributed by atoms with Crippen molar-refractivity contribution >= 4 is 0 Å². The third kappa shape index (κ3) is 5.57. The number of methoxy groups -OCH3 is 1. The summed E-state index contributed by atoms with van der Waals surface area (Å²) in [5.41, 5.74) is 6.56. The molecular formula is C12H25N5O. The first-order chi connectivity index (χ1) is 8.57. The molecule has 6 heteroatoms. The highest BCUT2D eigenvalue weighted by molar-refractivity contribution is 4.90. The highest BCUT2D eigenvalue weighted by atomic mass is 16.5. The van der Waals surface area contributed by atoms with Crippen molar-refractivity contribution in [1.82, 2.24) is 20.3 Å². The van der Waals surface area contributed by atoms with E-state index in [1.807, 2.05) is 10.9 Å². The van der Waals surface area contributed by atoms with Gasteiger partial charge in [0, 0.05) is 39.5 Å². The highest BCUT2D eigenvalue weighted by Gasteiger charge is 2.16. The second-order valence-corrected chi connectivity index (χ2v) is 5.26. The van der Waals surface area contributed by atoms with Gasteiger partial charge in [-0.25, -0.2) is 0 Å². The lowest BCUT2D eigenvalue weighted by atomic mass is 9.90. The van der Waals surface area contributed by atoms with E-state index in [4.69, 9.17) is 10.5 Å². The van der Waals surface area contributed by atoms with Crippen molar-refractivity contribution in [1.29, 1.82) is 0 Å². The van der Waals surface area contributed by atoms with E-state index in [1.165, 1.54) is 0 Å². The van der Waals surface area contributed by atoms with Crippen molar-refractivity contribution in [2.24, 2.45) is 11.1 Å². The van der Waals surface area contributed by atoms with Crippen LogP contribution >= 0.6 is 0 Å². The van der Waals surface area contributed by atoms with Crippen molar-refractivity contribution in [3.63, 3.8) is 0 Å². The van der Waals surface area contributed by atoms with Crippen LogP contribution in [0.1, 0.15) is 26.0 Å².